The van der Waals surface area contributed by atoms with Gasteiger partial charge in [-0.3, -0.25) is 4.79 Å². The molecule has 0 radical (unpaired) electrons. The minimum Gasteiger partial charge on any atom is -0.432 e. The number of nitrogens with zero attached hydrogens (tertiary/aromatic N) is 1. The number of aryl methyl sites for hydroxylation is 2. The molecule has 0 saturated carbocycles. The lowest BCUT2D eigenvalue weighted by atomic mass is 10.0. The Morgan fingerprint density at radius 2 is 1.87 bits per heavy atom. The van der Waals surface area contributed by atoms with Crippen molar-refractivity contribution >= 4 is 23.3 Å². The van der Waals surface area contributed by atoms with Crippen LogP contribution in [0.25, 0.3) is 0 Å². The second-order valence-corrected chi connectivity index (χ2v) is 7.77. The molecule has 162 valence electrons. The van der Waals surface area contributed by atoms with E-state index < -0.39 is 6.17 Å². The van der Waals surface area contributed by atoms with Crippen molar-refractivity contribution in [3.05, 3.63) is 64.2 Å². The molecular formula is C23H32N4O2S. The van der Waals surface area contributed by atoms with Gasteiger partial charge in [-0.05, 0) is 86.5 Å². The highest BCUT2D eigenvalue weighted by atomic mass is 32.1. The number of hydrogen-bond donors (Lipinski definition) is 3. The summed E-state index contributed by atoms with van der Waals surface area (Å²) in [6.07, 6.45) is 0.457. The number of benzene rings is 2. The maximum atomic E-state index is 11.6. The minimum atomic E-state index is -0.540. The summed E-state index contributed by atoms with van der Waals surface area (Å²) in [6.45, 7) is 8.31. The van der Waals surface area contributed by atoms with Crippen molar-refractivity contribution in [3.8, 4) is 5.75 Å². The average Bonchev–Trinajstić information content (AvgIpc) is 2.74. The monoisotopic (exact) mass is 428 g/mol. The fraction of sp³-hybridized carbons (Fsp3) is 0.391. The predicted octanol–water partition coefficient (Wildman–Crippen LogP) is 3.07. The smallest absolute Gasteiger partial charge is 0.263 e. The molecule has 0 fully saturated rings. The molecule has 0 aliphatic heterocycles. The number of thiocarbonyl (C=S) groups is 1. The molecule has 4 N–H and O–H groups in total. The van der Waals surface area contributed by atoms with Gasteiger partial charge in [0.15, 0.2) is 0 Å². The van der Waals surface area contributed by atoms with Crippen molar-refractivity contribution < 1.29 is 9.53 Å². The summed E-state index contributed by atoms with van der Waals surface area (Å²) in [5, 5.41) is 5.79. The van der Waals surface area contributed by atoms with Crippen molar-refractivity contribution in [1.82, 2.24) is 15.5 Å². The molecular weight excluding hydrogens is 396 g/mol. The van der Waals surface area contributed by atoms with Gasteiger partial charge in [-0.25, -0.2) is 0 Å². The number of amides is 1. The van der Waals surface area contributed by atoms with E-state index in [0.29, 0.717) is 5.56 Å². The van der Waals surface area contributed by atoms with Crippen LogP contribution in [0.2, 0.25) is 0 Å². The van der Waals surface area contributed by atoms with E-state index in [2.05, 4.69) is 42.5 Å². The Morgan fingerprint density at radius 1 is 1.20 bits per heavy atom. The van der Waals surface area contributed by atoms with Crippen LogP contribution in [0, 0.1) is 13.8 Å². The molecule has 0 aromatic heterocycles. The van der Waals surface area contributed by atoms with E-state index in [1.807, 2.05) is 13.0 Å². The van der Waals surface area contributed by atoms with Gasteiger partial charge in [0.25, 0.3) is 11.1 Å². The van der Waals surface area contributed by atoms with Crippen LogP contribution in [0.15, 0.2) is 36.4 Å². The van der Waals surface area contributed by atoms with Crippen LogP contribution in [-0.2, 0) is 6.42 Å². The molecule has 1 atom stereocenters. The molecule has 0 aliphatic rings. The van der Waals surface area contributed by atoms with Crippen molar-refractivity contribution in [2.45, 2.75) is 33.4 Å². The fourth-order valence-corrected chi connectivity index (χ4v) is 3.24. The van der Waals surface area contributed by atoms with Crippen LogP contribution in [0.5, 0.6) is 5.75 Å². The molecule has 7 heteroatoms. The Morgan fingerprint density at radius 3 is 2.47 bits per heavy atom. The number of likely N-dealkylation sites (N-methyl/N-ethyl adjacent to an activating group) is 1. The largest absolute Gasteiger partial charge is 0.432 e. The molecule has 2 aromatic carbocycles. The standard InChI is InChI=1S/C23H32N4O2S/c1-6-27(5)12-11-19-13-16(3)20(14-15(19)2)29-23(30)26-21(24)17-7-9-18(10-8-17)22(28)25-4/h7-10,13-14,21H,6,11-12,24H2,1-5H3,(H,25,28)(H,26,30). The van der Waals surface area contributed by atoms with Gasteiger partial charge in [0.2, 0.25) is 0 Å². The predicted molar refractivity (Wildman–Crippen MR) is 126 cm³/mol. The van der Waals surface area contributed by atoms with Gasteiger partial charge < -0.3 is 26.0 Å². The molecule has 6 nitrogen and oxygen atoms in total. The molecule has 1 unspecified atom stereocenters. The van der Waals surface area contributed by atoms with E-state index in [0.717, 1.165) is 36.4 Å². The highest BCUT2D eigenvalue weighted by Gasteiger charge is 2.13. The zero-order valence-electron chi connectivity index (χ0n) is 18.4. The Balaban J connectivity index is 2.00. The Labute approximate surface area is 184 Å². The molecule has 0 aliphatic carbocycles. The van der Waals surface area contributed by atoms with E-state index in [1.165, 1.54) is 11.1 Å². The first kappa shape index (κ1) is 23.8. The average molecular weight is 429 g/mol. The van der Waals surface area contributed by atoms with Crippen LogP contribution < -0.4 is 21.1 Å². The summed E-state index contributed by atoms with van der Waals surface area (Å²) < 4.78 is 5.87. The summed E-state index contributed by atoms with van der Waals surface area (Å²) in [5.41, 5.74) is 11.1. The van der Waals surface area contributed by atoms with Gasteiger partial charge in [-0.15, -0.1) is 0 Å². The van der Waals surface area contributed by atoms with Gasteiger partial charge >= 0.3 is 0 Å². The van der Waals surface area contributed by atoms with E-state index in [4.69, 9.17) is 22.7 Å². The lowest BCUT2D eigenvalue weighted by Crippen LogP contribution is -2.36. The summed E-state index contributed by atoms with van der Waals surface area (Å²) >= 11 is 5.35. The fourth-order valence-electron chi connectivity index (χ4n) is 3.02. The second-order valence-electron chi connectivity index (χ2n) is 7.40. The zero-order chi connectivity index (χ0) is 22.3. The van der Waals surface area contributed by atoms with Crippen LogP contribution in [0.1, 0.15) is 45.7 Å². The maximum Gasteiger partial charge on any atom is 0.263 e. The molecule has 0 saturated heterocycles. The number of nitrogens with two attached hydrogens (primary N) is 1. The lowest BCUT2D eigenvalue weighted by molar-refractivity contribution is 0.0963. The minimum absolute atomic E-state index is 0.141. The number of hydrogen-bond acceptors (Lipinski definition) is 5. The quantitative estimate of drug-likeness (QED) is 0.443. The van der Waals surface area contributed by atoms with E-state index in [9.17, 15) is 4.79 Å². The molecule has 0 spiro atoms. The Kier molecular flexibility index (Phi) is 8.77. The maximum absolute atomic E-state index is 11.6. The van der Waals surface area contributed by atoms with Crippen LogP contribution in [-0.4, -0.2) is 43.2 Å². The number of rotatable bonds is 8. The summed E-state index contributed by atoms with van der Waals surface area (Å²) in [7, 11) is 3.72. The molecule has 0 heterocycles. The highest BCUT2D eigenvalue weighted by Crippen LogP contribution is 2.24. The third-order valence-corrected chi connectivity index (χ3v) is 5.37. The van der Waals surface area contributed by atoms with E-state index in [1.54, 1.807) is 31.3 Å². The first-order valence-corrected chi connectivity index (χ1v) is 10.5. The zero-order valence-corrected chi connectivity index (χ0v) is 19.2. The number of carbonyl (C=O) groups excluding carboxylic acids is 1. The Hall–Kier alpha value is -2.48. The van der Waals surface area contributed by atoms with Crippen LogP contribution in [0.3, 0.4) is 0 Å². The first-order chi connectivity index (χ1) is 14.2. The van der Waals surface area contributed by atoms with E-state index >= 15 is 0 Å². The van der Waals surface area contributed by atoms with E-state index in [-0.39, 0.29) is 11.1 Å². The summed E-state index contributed by atoms with van der Waals surface area (Å²) in [6, 6.07) is 11.2. The van der Waals surface area contributed by atoms with Crippen molar-refractivity contribution in [2.24, 2.45) is 5.73 Å². The molecule has 2 rings (SSSR count). The van der Waals surface area contributed by atoms with Gasteiger partial charge in [-0.2, -0.15) is 0 Å². The summed E-state index contributed by atoms with van der Waals surface area (Å²) in [4.78, 5) is 13.9. The lowest BCUT2D eigenvalue weighted by Gasteiger charge is -2.19. The number of carbonyl (C=O) groups is 1. The van der Waals surface area contributed by atoms with Gasteiger partial charge in [0, 0.05) is 19.2 Å². The first-order valence-electron chi connectivity index (χ1n) is 10.1. The molecule has 30 heavy (non-hydrogen) atoms. The topological polar surface area (TPSA) is 79.6 Å². The molecule has 1 amide bonds. The van der Waals surface area contributed by atoms with Crippen molar-refractivity contribution in [1.29, 1.82) is 0 Å². The highest BCUT2D eigenvalue weighted by molar-refractivity contribution is 7.80. The second kappa shape index (κ2) is 11.1. The summed E-state index contributed by atoms with van der Waals surface area (Å²) in [5.74, 6) is 0.581. The van der Waals surface area contributed by atoms with Crippen molar-refractivity contribution in [2.75, 3.05) is 27.2 Å². The number of nitrogens with one attached hydrogen (secondary N) is 2. The SMILES string of the molecule is CCN(C)CCc1cc(C)c(OC(=S)NC(N)c2ccc(C(=O)NC)cc2)cc1C. The molecule has 2 aromatic rings. The number of ether oxygens (including phenoxy) is 1. The normalized spacial score (nSPS) is 11.8. The third kappa shape index (κ3) is 6.52. The third-order valence-electron chi connectivity index (χ3n) is 5.17. The van der Waals surface area contributed by atoms with Crippen molar-refractivity contribution in [3.63, 3.8) is 0 Å². The van der Waals surface area contributed by atoms with Gasteiger partial charge in [0.05, 0.1) is 0 Å². The Bertz CT molecular complexity index is 884. The van der Waals surface area contributed by atoms with Gasteiger partial charge in [-0.1, -0.05) is 25.1 Å². The van der Waals surface area contributed by atoms with Gasteiger partial charge in [0.1, 0.15) is 11.9 Å². The van der Waals surface area contributed by atoms with Crippen LogP contribution >= 0.6 is 12.2 Å². The van der Waals surface area contributed by atoms with Crippen LogP contribution in [0.4, 0.5) is 0 Å². The molecule has 0 bridgehead atoms.